The van der Waals surface area contributed by atoms with Gasteiger partial charge in [-0.05, 0) is 51.9 Å². The fourth-order valence-electron chi connectivity index (χ4n) is 2.58. The van der Waals surface area contributed by atoms with Crippen molar-refractivity contribution in [2.45, 2.75) is 26.4 Å². The lowest BCUT2D eigenvalue weighted by Gasteiger charge is -2.23. The van der Waals surface area contributed by atoms with E-state index in [-0.39, 0.29) is 6.10 Å². The molecule has 0 amide bonds. The van der Waals surface area contributed by atoms with Crippen molar-refractivity contribution in [3.8, 4) is 5.75 Å². The number of nitrogens with one attached hydrogen (secondary N) is 1. The normalized spacial score (nSPS) is 19.6. The summed E-state index contributed by atoms with van der Waals surface area (Å²) in [5.41, 5.74) is 1.24. The molecule has 0 aliphatic carbocycles. The molecular formula is C15H24N2O. The Labute approximate surface area is 110 Å². The third-order valence-corrected chi connectivity index (χ3v) is 3.35. The number of hydrogen-bond acceptors (Lipinski definition) is 3. The van der Waals surface area contributed by atoms with Gasteiger partial charge in [-0.3, -0.25) is 0 Å². The second-order valence-corrected chi connectivity index (χ2v) is 5.29. The minimum absolute atomic E-state index is 0.224. The Kier molecular flexibility index (Phi) is 4.48. The van der Waals surface area contributed by atoms with E-state index in [1.54, 1.807) is 0 Å². The first-order valence-electron chi connectivity index (χ1n) is 6.86. The molecule has 0 radical (unpaired) electrons. The highest BCUT2D eigenvalue weighted by molar-refractivity contribution is 5.59. The molecule has 100 valence electrons. The molecule has 1 saturated heterocycles. The van der Waals surface area contributed by atoms with Gasteiger partial charge in [-0.2, -0.15) is 0 Å². The van der Waals surface area contributed by atoms with Gasteiger partial charge in [0.2, 0.25) is 0 Å². The molecule has 0 aromatic heterocycles. The maximum Gasteiger partial charge on any atom is 0.142 e. The Morgan fingerprint density at radius 2 is 2.17 bits per heavy atom. The minimum atomic E-state index is 0.224. The molecule has 1 aliphatic rings. The molecule has 1 atom stereocenters. The van der Waals surface area contributed by atoms with E-state index in [0.29, 0.717) is 0 Å². The van der Waals surface area contributed by atoms with Crippen LogP contribution in [0.3, 0.4) is 0 Å². The molecule has 2 rings (SSSR count). The highest BCUT2D eigenvalue weighted by Crippen LogP contribution is 2.32. The summed E-state index contributed by atoms with van der Waals surface area (Å²) in [4.78, 5) is 2.44. The predicted octanol–water partition coefficient (Wildman–Crippen LogP) is 2.52. The maximum atomic E-state index is 5.90. The van der Waals surface area contributed by atoms with Crippen molar-refractivity contribution in [1.29, 1.82) is 0 Å². The molecule has 1 aromatic rings. The fraction of sp³-hybridized carbons (Fsp3) is 0.600. The van der Waals surface area contributed by atoms with E-state index in [1.165, 1.54) is 12.1 Å². The lowest BCUT2D eigenvalue weighted by atomic mass is 10.1. The van der Waals surface area contributed by atoms with Crippen LogP contribution in [0.2, 0.25) is 0 Å². The van der Waals surface area contributed by atoms with Gasteiger partial charge in [0.05, 0.1) is 11.8 Å². The summed E-state index contributed by atoms with van der Waals surface area (Å²) in [7, 11) is 2.03. The van der Waals surface area contributed by atoms with Gasteiger partial charge in [0, 0.05) is 13.1 Å². The predicted molar refractivity (Wildman–Crippen MR) is 76.5 cm³/mol. The van der Waals surface area contributed by atoms with Gasteiger partial charge >= 0.3 is 0 Å². The van der Waals surface area contributed by atoms with Gasteiger partial charge < -0.3 is 15.0 Å². The van der Waals surface area contributed by atoms with Crippen molar-refractivity contribution < 1.29 is 4.74 Å². The van der Waals surface area contributed by atoms with Crippen molar-refractivity contribution in [3.63, 3.8) is 0 Å². The molecule has 1 N–H and O–H groups in total. The zero-order valence-electron chi connectivity index (χ0n) is 11.6. The van der Waals surface area contributed by atoms with Crippen LogP contribution in [0, 0.1) is 5.92 Å². The van der Waals surface area contributed by atoms with Crippen LogP contribution in [0.5, 0.6) is 5.75 Å². The Balaban J connectivity index is 2.09. The second kappa shape index (κ2) is 6.10. The van der Waals surface area contributed by atoms with Gasteiger partial charge in [-0.1, -0.05) is 12.1 Å². The number of anilines is 1. The molecule has 3 heteroatoms. The van der Waals surface area contributed by atoms with Crippen molar-refractivity contribution >= 4 is 5.69 Å². The molecule has 1 aliphatic heterocycles. The number of hydrogen-bond donors (Lipinski definition) is 1. The van der Waals surface area contributed by atoms with E-state index >= 15 is 0 Å². The molecular weight excluding hydrogens is 224 g/mol. The highest BCUT2D eigenvalue weighted by atomic mass is 16.5. The Morgan fingerprint density at radius 3 is 2.89 bits per heavy atom. The molecule has 0 spiro atoms. The third kappa shape index (κ3) is 3.16. The van der Waals surface area contributed by atoms with Crippen LogP contribution in [0.25, 0.3) is 0 Å². The zero-order chi connectivity index (χ0) is 13.0. The van der Waals surface area contributed by atoms with E-state index in [1.807, 2.05) is 13.1 Å². The van der Waals surface area contributed by atoms with Crippen molar-refractivity contribution in [3.05, 3.63) is 24.3 Å². The van der Waals surface area contributed by atoms with E-state index in [0.717, 1.165) is 31.3 Å². The number of para-hydroxylation sites is 2. The maximum absolute atomic E-state index is 5.90. The first-order chi connectivity index (χ1) is 8.70. The van der Waals surface area contributed by atoms with Crippen molar-refractivity contribution in [2.75, 3.05) is 31.6 Å². The average molecular weight is 248 g/mol. The largest absolute Gasteiger partial charge is 0.489 e. The van der Waals surface area contributed by atoms with Crippen LogP contribution in [-0.2, 0) is 0 Å². The Morgan fingerprint density at radius 1 is 1.39 bits per heavy atom. The monoisotopic (exact) mass is 248 g/mol. The highest BCUT2D eigenvalue weighted by Gasteiger charge is 2.24. The smallest absolute Gasteiger partial charge is 0.142 e. The van der Waals surface area contributed by atoms with Gasteiger partial charge in [0.15, 0.2) is 0 Å². The molecule has 3 nitrogen and oxygen atoms in total. The topological polar surface area (TPSA) is 24.5 Å². The van der Waals surface area contributed by atoms with Gasteiger partial charge in [0.25, 0.3) is 0 Å². The van der Waals surface area contributed by atoms with E-state index < -0.39 is 0 Å². The van der Waals surface area contributed by atoms with Crippen LogP contribution < -0.4 is 15.0 Å². The van der Waals surface area contributed by atoms with Crippen LogP contribution in [0.1, 0.15) is 20.3 Å². The molecule has 18 heavy (non-hydrogen) atoms. The average Bonchev–Trinajstić information content (AvgIpc) is 2.78. The van der Waals surface area contributed by atoms with Crippen molar-refractivity contribution in [1.82, 2.24) is 5.32 Å². The van der Waals surface area contributed by atoms with Crippen molar-refractivity contribution in [2.24, 2.45) is 5.92 Å². The summed E-state index contributed by atoms with van der Waals surface area (Å²) in [6.07, 6.45) is 1.48. The molecule has 1 heterocycles. The van der Waals surface area contributed by atoms with Crippen LogP contribution in [-0.4, -0.2) is 32.8 Å². The molecule has 1 fully saturated rings. The number of nitrogens with zero attached hydrogens (tertiary/aromatic N) is 1. The first-order valence-corrected chi connectivity index (χ1v) is 6.86. The summed E-state index contributed by atoms with van der Waals surface area (Å²) < 4.78 is 5.90. The van der Waals surface area contributed by atoms with Gasteiger partial charge in [0.1, 0.15) is 5.75 Å². The standard InChI is InChI=1S/C15H24N2O/c1-12(2)18-15-7-5-4-6-14(15)17-9-8-13(11-17)10-16-3/h4-7,12-13,16H,8-11H2,1-3H3. The molecule has 0 bridgehead atoms. The van der Waals surface area contributed by atoms with E-state index in [4.69, 9.17) is 4.74 Å². The van der Waals surface area contributed by atoms with Gasteiger partial charge in [-0.25, -0.2) is 0 Å². The minimum Gasteiger partial charge on any atom is -0.489 e. The first kappa shape index (κ1) is 13.2. The Hall–Kier alpha value is -1.22. The van der Waals surface area contributed by atoms with Gasteiger partial charge in [-0.15, -0.1) is 0 Å². The fourth-order valence-corrected chi connectivity index (χ4v) is 2.58. The number of rotatable bonds is 5. The van der Waals surface area contributed by atoms with Crippen LogP contribution in [0.15, 0.2) is 24.3 Å². The molecule has 1 aromatic carbocycles. The van der Waals surface area contributed by atoms with E-state index in [2.05, 4.69) is 42.3 Å². The molecule has 1 unspecified atom stereocenters. The summed E-state index contributed by atoms with van der Waals surface area (Å²) in [6.45, 7) is 7.50. The third-order valence-electron chi connectivity index (χ3n) is 3.35. The van der Waals surface area contributed by atoms with E-state index in [9.17, 15) is 0 Å². The van der Waals surface area contributed by atoms with Crippen LogP contribution in [0.4, 0.5) is 5.69 Å². The molecule has 0 saturated carbocycles. The Bertz CT molecular complexity index is 379. The second-order valence-electron chi connectivity index (χ2n) is 5.29. The lowest BCUT2D eigenvalue weighted by Crippen LogP contribution is -2.25. The number of benzene rings is 1. The lowest BCUT2D eigenvalue weighted by molar-refractivity contribution is 0.243. The number of ether oxygens (including phenoxy) is 1. The SMILES string of the molecule is CNCC1CCN(c2ccccc2OC(C)C)C1. The quantitative estimate of drug-likeness (QED) is 0.866. The summed E-state index contributed by atoms with van der Waals surface area (Å²) >= 11 is 0. The summed E-state index contributed by atoms with van der Waals surface area (Å²) in [6, 6.07) is 8.37. The zero-order valence-corrected chi connectivity index (χ0v) is 11.6. The van der Waals surface area contributed by atoms with Crippen LogP contribution >= 0.6 is 0 Å². The summed E-state index contributed by atoms with van der Waals surface area (Å²) in [5, 5.41) is 3.27. The summed E-state index contributed by atoms with van der Waals surface area (Å²) in [5.74, 6) is 1.76.